The van der Waals surface area contributed by atoms with Crippen LogP contribution in [0.1, 0.15) is 6.42 Å². The molecular formula is C6H13NO2S. The number of ether oxygens (including phenoxy) is 1. The molecule has 60 valence electrons. The van der Waals surface area contributed by atoms with Crippen molar-refractivity contribution in [2.45, 2.75) is 12.5 Å². The van der Waals surface area contributed by atoms with E-state index in [0.29, 0.717) is 6.42 Å². The third-order valence-electron chi connectivity index (χ3n) is 1.04. The lowest BCUT2D eigenvalue weighted by Crippen LogP contribution is -2.26. The summed E-state index contributed by atoms with van der Waals surface area (Å²) >= 11 is 1.63. The van der Waals surface area contributed by atoms with Gasteiger partial charge in [-0.05, 0) is 6.26 Å². The lowest BCUT2D eigenvalue weighted by molar-refractivity contribution is -0.140. The Morgan fingerprint density at radius 2 is 2.40 bits per heavy atom. The Labute approximate surface area is 65.3 Å². The molecule has 0 heterocycles. The molecule has 10 heavy (non-hydrogen) atoms. The maximum absolute atomic E-state index is 10.6. The highest BCUT2D eigenvalue weighted by Gasteiger charge is 2.07. The lowest BCUT2D eigenvalue weighted by atomic mass is 10.2. The topological polar surface area (TPSA) is 52.3 Å². The number of nitrogens with two attached hydrogens (primary N) is 1. The molecule has 0 aliphatic carbocycles. The average Bonchev–Trinajstić information content (AvgIpc) is 1.88. The number of thioether (sulfide) groups is 1. The molecule has 0 spiro atoms. The Balaban J connectivity index is 3.37. The van der Waals surface area contributed by atoms with Crippen LogP contribution in [0.2, 0.25) is 0 Å². The summed E-state index contributed by atoms with van der Waals surface area (Å²) in [4.78, 5) is 10.6. The van der Waals surface area contributed by atoms with Crippen LogP contribution in [0.15, 0.2) is 0 Å². The number of carbonyl (C=O) groups excluding carboxylic acids is 1. The molecule has 3 nitrogen and oxygen atoms in total. The molecule has 4 heteroatoms. The van der Waals surface area contributed by atoms with Crippen molar-refractivity contribution in [3.8, 4) is 0 Å². The van der Waals surface area contributed by atoms with Crippen LogP contribution in [0.25, 0.3) is 0 Å². The fourth-order valence-corrected chi connectivity index (χ4v) is 1.12. The monoisotopic (exact) mass is 163 g/mol. The maximum Gasteiger partial charge on any atom is 0.307 e. The van der Waals surface area contributed by atoms with Crippen LogP contribution in [0, 0.1) is 0 Å². The quantitative estimate of drug-likeness (QED) is 0.603. The van der Waals surface area contributed by atoms with Gasteiger partial charge >= 0.3 is 5.97 Å². The minimum atomic E-state index is -0.235. The molecule has 1 atom stereocenters. The highest BCUT2D eigenvalue weighted by molar-refractivity contribution is 7.98. The average molecular weight is 163 g/mol. The third kappa shape index (κ3) is 4.64. The summed E-state index contributed by atoms with van der Waals surface area (Å²) in [5.74, 6) is 0.566. The first-order chi connectivity index (χ1) is 4.70. The summed E-state index contributed by atoms with van der Waals surface area (Å²) < 4.78 is 4.44. The molecule has 0 bridgehead atoms. The van der Waals surface area contributed by atoms with E-state index < -0.39 is 0 Å². The van der Waals surface area contributed by atoms with Gasteiger partial charge in [0.05, 0.1) is 13.5 Å². The molecular weight excluding hydrogens is 150 g/mol. The molecule has 0 aromatic rings. The number of esters is 1. The predicted octanol–water partition coefficient (Wildman–Crippen LogP) is 0.240. The summed E-state index contributed by atoms with van der Waals surface area (Å²) in [5.41, 5.74) is 5.54. The lowest BCUT2D eigenvalue weighted by Gasteiger charge is -2.06. The van der Waals surface area contributed by atoms with E-state index in [9.17, 15) is 4.79 Å². The molecule has 0 unspecified atom stereocenters. The van der Waals surface area contributed by atoms with Gasteiger partial charge < -0.3 is 10.5 Å². The van der Waals surface area contributed by atoms with Crippen LogP contribution in [0.5, 0.6) is 0 Å². The summed E-state index contributed by atoms with van der Waals surface area (Å²) in [5, 5.41) is 0. The second-order valence-corrected chi connectivity index (χ2v) is 2.91. The fraction of sp³-hybridized carbons (Fsp3) is 0.833. The van der Waals surface area contributed by atoms with Crippen LogP contribution >= 0.6 is 11.8 Å². The Morgan fingerprint density at radius 3 is 2.80 bits per heavy atom. The van der Waals surface area contributed by atoms with Gasteiger partial charge in [0.25, 0.3) is 0 Å². The number of methoxy groups -OCH3 is 1. The Hall–Kier alpha value is -0.220. The van der Waals surface area contributed by atoms with Crippen LogP contribution in [-0.2, 0) is 9.53 Å². The van der Waals surface area contributed by atoms with Crippen molar-refractivity contribution in [2.24, 2.45) is 5.73 Å². The number of rotatable bonds is 4. The van der Waals surface area contributed by atoms with Gasteiger partial charge in [0.2, 0.25) is 0 Å². The van der Waals surface area contributed by atoms with Crippen molar-refractivity contribution in [3.05, 3.63) is 0 Å². The molecule has 0 aromatic heterocycles. The van der Waals surface area contributed by atoms with E-state index >= 15 is 0 Å². The first-order valence-electron chi connectivity index (χ1n) is 3.02. The van der Waals surface area contributed by atoms with Crippen molar-refractivity contribution in [2.75, 3.05) is 19.1 Å². The van der Waals surface area contributed by atoms with Gasteiger partial charge in [-0.2, -0.15) is 11.8 Å². The SMILES string of the molecule is COC(=O)C[C@@H](N)CSC. The van der Waals surface area contributed by atoms with Gasteiger partial charge in [-0.25, -0.2) is 0 Å². The van der Waals surface area contributed by atoms with Crippen molar-refractivity contribution in [1.82, 2.24) is 0 Å². The molecule has 0 radical (unpaired) electrons. The summed E-state index contributed by atoms with van der Waals surface area (Å²) in [7, 11) is 1.37. The van der Waals surface area contributed by atoms with Crippen LogP contribution in [0.3, 0.4) is 0 Å². The Morgan fingerprint density at radius 1 is 1.80 bits per heavy atom. The van der Waals surface area contributed by atoms with Gasteiger partial charge in [0.15, 0.2) is 0 Å². The van der Waals surface area contributed by atoms with Crippen LogP contribution in [-0.4, -0.2) is 31.1 Å². The van der Waals surface area contributed by atoms with E-state index in [2.05, 4.69) is 4.74 Å². The number of hydrogen-bond donors (Lipinski definition) is 1. The third-order valence-corrected chi connectivity index (χ3v) is 1.80. The Kier molecular flexibility index (Phi) is 5.43. The first-order valence-corrected chi connectivity index (χ1v) is 4.41. The molecule has 0 aliphatic rings. The second-order valence-electron chi connectivity index (χ2n) is 2.00. The molecule has 0 aromatic carbocycles. The molecule has 0 rings (SSSR count). The normalized spacial score (nSPS) is 12.7. The van der Waals surface area contributed by atoms with Crippen molar-refractivity contribution >= 4 is 17.7 Å². The standard InChI is InChI=1S/C6H13NO2S/c1-9-6(8)3-5(7)4-10-2/h5H,3-4,7H2,1-2H3/t5-/m1/s1. The van der Waals surface area contributed by atoms with E-state index in [4.69, 9.17) is 5.73 Å². The van der Waals surface area contributed by atoms with Gasteiger partial charge in [0.1, 0.15) is 0 Å². The Bertz CT molecular complexity index is 108. The minimum absolute atomic E-state index is 0.0672. The highest BCUT2D eigenvalue weighted by Crippen LogP contribution is 1.99. The summed E-state index contributed by atoms with van der Waals surface area (Å²) in [6, 6.07) is -0.0672. The zero-order valence-corrected chi connectivity index (χ0v) is 7.11. The maximum atomic E-state index is 10.6. The molecule has 0 aliphatic heterocycles. The second kappa shape index (κ2) is 5.56. The van der Waals surface area contributed by atoms with Gasteiger partial charge in [-0.15, -0.1) is 0 Å². The van der Waals surface area contributed by atoms with Crippen LogP contribution in [0.4, 0.5) is 0 Å². The molecule has 0 fully saturated rings. The zero-order valence-electron chi connectivity index (χ0n) is 6.29. The molecule has 0 amide bonds. The molecule has 2 N–H and O–H groups in total. The summed E-state index contributed by atoms with van der Waals surface area (Å²) in [6.45, 7) is 0. The predicted molar refractivity (Wildman–Crippen MR) is 43.0 cm³/mol. The smallest absolute Gasteiger partial charge is 0.307 e. The van der Waals surface area contributed by atoms with Gasteiger partial charge in [-0.3, -0.25) is 4.79 Å². The number of hydrogen-bond acceptors (Lipinski definition) is 4. The van der Waals surface area contributed by atoms with Crippen molar-refractivity contribution < 1.29 is 9.53 Å². The van der Waals surface area contributed by atoms with E-state index in [1.165, 1.54) is 7.11 Å². The molecule has 0 saturated carbocycles. The number of carbonyl (C=O) groups is 1. The summed E-state index contributed by atoms with van der Waals surface area (Å²) in [6.07, 6.45) is 2.27. The van der Waals surface area contributed by atoms with E-state index in [0.717, 1.165) is 5.75 Å². The minimum Gasteiger partial charge on any atom is -0.469 e. The largest absolute Gasteiger partial charge is 0.469 e. The van der Waals surface area contributed by atoms with Gasteiger partial charge in [-0.1, -0.05) is 0 Å². The first kappa shape index (κ1) is 9.78. The molecule has 0 saturated heterocycles. The fourth-order valence-electron chi connectivity index (χ4n) is 0.570. The zero-order chi connectivity index (χ0) is 7.98. The van der Waals surface area contributed by atoms with Crippen molar-refractivity contribution in [3.63, 3.8) is 0 Å². The van der Waals surface area contributed by atoms with E-state index in [1.807, 2.05) is 6.26 Å². The van der Waals surface area contributed by atoms with Crippen molar-refractivity contribution in [1.29, 1.82) is 0 Å². The van der Waals surface area contributed by atoms with Gasteiger partial charge in [0, 0.05) is 11.8 Å². The van der Waals surface area contributed by atoms with E-state index in [1.54, 1.807) is 11.8 Å². The highest BCUT2D eigenvalue weighted by atomic mass is 32.2. The van der Waals surface area contributed by atoms with E-state index in [-0.39, 0.29) is 12.0 Å². The van der Waals surface area contributed by atoms with Crippen LogP contribution < -0.4 is 5.73 Å².